The molecule has 0 heterocycles. The molecule has 0 amide bonds. The van der Waals surface area contributed by atoms with Crippen LogP contribution in [0.4, 0.5) is 0 Å². The van der Waals surface area contributed by atoms with E-state index in [0.717, 1.165) is 0 Å². The summed E-state index contributed by atoms with van der Waals surface area (Å²) in [6.45, 7) is 3.71. The van der Waals surface area contributed by atoms with Crippen LogP contribution < -0.4 is 0 Å². The first-order valence-electron chi connectivity index (χ1n) is 1.91. The Kier molecular flexibility index (Phi) is 2.17. The SMILES string of the molecule is CC(C)(Br)C#CO. The van der Waals surface area contributed by atoms with Crippen LogP contribution in [0.2, 0.25) is 0 Å². The number of hydrogen-bond donors (Lipinski definition) is 1. The Bertz CT molecular complexity index is 101. The van der Waals surface area contributed by atoms with E-state index in [1.165, 1.54) is 0 Å². The molecule has 40 valence electrons. The van der Waals surface area contributed by atoms with E-state index >= 15 is 0 Å². The molecule has 0 aliphatic rings. The summed E-state index contributed by atoms with van der Waals surface area (Å²) < 4.78 is -0.248. The fourth-order valence-electron chi connectivity index (χ4n) is 0.133. The highest BCUT2D eigenvalue weighted by Crippen LogP contribution is 2.12. The first kappa shape index (κ1) is 6.84. The Morgan fingerprint density at radius 1 is 1.57 bits per heavy atom. The van der Waals surface area contributed by atoms with Gasteiger partial charge in [0.05, 0.1) is 4.32 Å². The van der Waals surface area contributed by atoms with E-state index in [9.17, 15) is 0 Å². The lowest BCUT2D eigenvalue weighted by molar-refractivity contribution is 0.515. The maximum atomic E-state index is 8.01. The minimum atomic E-state index is -0.248. The minimum Gasteiger partial charge on any atom is -0.462 e. The van der Waals surface area contributed by atoms with Crippen LogP contribution in [0.15, 0.2) is 0 Å². The molecule has 0 bridgehead atoms. The van der Waals surface area contributed by atoms with Gasteiger partial charge in [-0.2, -0.15) is 0 Å². The van der Waals surface area contributed by atoms with Crippen LogP contribution in [0.25, 0.3) is 0 Å². The molecule has 0 radical (unpaired) electrons. The highest BCUT2D eigenvalue weighted by molar-refractivity contribution is 9.10. The van der Waals surface area contributed by atoms with Crippen molar-refractivity contribution in [2.45, 2.75) is 18.2 Å². The number of alkyl halides is 1. The van der Waals surface area contributed by atoms with Crippen molar-refractivity contribution in [1.29, 1.82) is 0 Å². The van der Waals surface area contributed by atoms with Gasteiger partial charge >= 0.3 is 0 Å². The van der Waals surface area contributed by atoms with Crippen molar-refractivity contribution < 1.29 is 5.11 Å². The third kappa shape index (κ3) is 5.84. The van der Waals surface area contributed by atoms with Gasteiger partial charge in [0.15, 0.2) is 0 Å². The largest absolute Gasteiger partial charge is 0.462 e. The molecule has 0 saturated carbocycles. The van der Waals surface area contributed by atoms with Crippen molar-refractivity contribution >= 4 is 15.9 Å². The Balaban J connectivity index is 3.72. The molecule has 0 atom stereocenters. The zero-order valence-corrected chi connectivity index (χ0v) is 5.91. The van der Waals surface area contributed by atoms with E-state index < -0.39 is 0 Å². The molecule has 0 saturated heterocycles. The van der Waals surface area contributed by atoms with Gasteiger partial charge in [-0.15, -0.1) is 0 Å². The van der Waals surface area contributed by atoms with Crippen molar-refractivity contribution in [2.24, 2.45) is 0 Å². The van der Waals surface area contributed by atoms with Crippen LogP contribution in [0, 0.1) is 12.0 Å². The molecule has 0 aliphatic carbocycles. The van der Waals surface area contributed by atoms with E-state index in [-0.39, 0.29) is 4.32 Å². The quantitative estimate of drug-likeness (QED) is 0.423. The van der Waals surface area contributed by atoms with Crippen molar-refractivity contribution in [3.05, 3.63) is 0 Å². The monoisotopic (exact) mass is 162 g/mol. The first-order valence-corrected chi connectivity index (χ1v) is 2.71. The van der Waals surface area contributed by atoms with Gasteiger partial charge < -0.3 is 5.11 Å². The van der Waals surface area contributed by atoms with Gasteiger partial charge in [0.1, 0.15) is 6.11 Å². The van der Waals surface area contributed by atoms with Crippen LogP contribution in [0.3, 0.4) is 0 Å². The Morgan fingerprint density at radius 2 is 2.00 bits per heavy atom. The maximum absolute atomic E-state index is 8.01. The van der Waals surface area contributed by atoms with E-state index in [1.54, 1.807) is 0 Å². The van der Waals surface area contributed by atoms with Gasteiger partial charge in [-0.05, 0) is 19.8 Å². The summed E-state index contributed by atoms with van der Waals surface area (Å²) in [4.78, 5) is 0. The second kappa shape index (κ2) is 2.23. The van der Waals surface area contributed by atoms with Crippen molar-refractivity contribution in [2.75, 3.05) is 0 Å². The van der Waals surface area contributed by atoms with Gasteiger partial charge in [0.25, 0.3) is 0 Å². The summed E-state index contributed by atoms with van der Waals surface area (Å²) >= 11 is 3.21. The van der Waals surface area contributed by atoms with Crippen LogP contribution in [-0.2, 0) is 0 Å². The highest BCUT2D eigenvalue weighted by Gasteiger charge is 2.05. The third-order valence-electron chi connectivity index (χ3n) is 0.353. The number of rotatable bonds is 0. The second-order valence-corrected chi connectivity index (χ2v) is 3.69. The molecular formula is C5H7BrO. The third-order valence-corrected chi connectivity index (χ3v) is 0.551. The highest BCUT2D eigenvalue weighted by atomic mass is 79.9. The van der Waals surface area contributed by atoms with Gasteiger partial charge in [-0.3, -0.25) is 0 Å². The zero-order chi connectivity index (χ0) is 5.91. The van der Waals surface area contributed by atoms with Crippen molar-refractivity contribution in [3.63, 3.8) is 0 Å². The number of halogens is 1. The number of hydrogen-bond acceptors (Lipinski definition) is 1. The molecule has 7 heavy (non-hydrogen) atoms. The van der Waals surface area contributed by atoms with E-state index in [2.05, 4.69) is 21.9 Å². The molecule has 0 aromatic heterocycles. The number of aliphatic hydroxyl groups excluding tert-OH is 1. The minimum absolute atomic E-state index is 0.248. The zero-order valence-electron chi connectivity index (χ0n) is 4.33. The Hall–Kier alpha value is -0.160. The fraction of sp³-hybridized carbons (Fsp3) is 0.600. The average molecular weight is 163 g/mol. The Morgan fingerprint density at radius 3 is 2.00 bits per heavy atom. The topological polar surface area (TPSA) is 20.2 Å². The van der Waals surface area contributed by atoms with Crippen LogP contribution in [-0.4, -0.2) is 9.43 Å². The molecule has 0 unspecified atom stereocenters. The first-order chi connectivity index (χ1) is 3.06. The van der Waals surface area contributed by atoms with Crippen molar-refractivity contribution in [1.82, 2.24) is 0 Å². The van der Waals surface area contributed by atoms with E-state index in [4.69, 9.17) is 5.11 Å². The molecule has 2 heteroatoms. The molecule has 0 spiro atoms. The molecule has 0 aliphatic heterocycles. The van der Waals surface area contributed by atoms with E-state index in [1.807, 2.05) is 20.0 Å². The summed E-state index contributed by atoms with van der Waals surface area (Å²) in [5.74, 6) is 2.51. The molecular weight excluding hydrogens is 156 g/mol. The maximum Gasteiger partial charge on any atom is 0.108 e. The molecule has 1 N–H and O–H groups in total. The summed E-state index contributed by atoms with van der Waals surface area (Å²) in [6, 6.07) is 0. The summed E-state index contributed by atoms with van der Waals surface area (Å²) in [6.07, 6.45) is 1.81. The standard InChI is InChI=1S/C5H7BrO/c1-5(2,6)3-4-7/h7H,1-2H3. The summed E-state index contributed by atoms with van der Waals surface area (Å²) in [5.41, 5.74) is 0. The lowest BCUT2D eigenvalue weighted by Crippen LogP contribution is -2.03. The smallest absolute Gasteiger partial charge is 0.108 e. The van der Waals surface area contributed by atoms with Crippen LogP contribution in [0.5, 0.6) is 0 Å². The predicted octanol–water partition coefficient (Wildman–Crippen LogP) is 1.49. The molecule has 0 aromatic carbocycles. The van der Waals surface area contributed by atoms with Gasteiger partial charge in [0, 0.05) is 0 Å². The summed E-state index contributed by atoms with van der Waals surface area (Å²) in [7, 11) is 0. The number of aliphatic hydroxyl groups is 1. The van der Waals surface area contributed by atoms with Gasteiger partial charge in [-0.25, -0.2) is 0 Å². The average Bonchev–Trinajstić information content (AvgIpc) is 1.30. The van der Waals surface area contributed by atoms with Crippen LogP contribution >= 0.6 is 15.9 Å². The van der Waals surface area contributed by atoms with Crippen molar-refractivity contribution in [3.8, 4) is 12.0 Å². The van der Waals surface area contributed by atoms with E-state index in [0.29, 0.717) is 0 Å². The Labute approximate surface area is 51.9 Å². The second-order valence-electron chi connectivity index (χ2n) is 1.71. The molecule has 1 nitrogen and oxygen atoms in total. The normalized spacial score (nSPS) is 9.57. The van der Waals surface area contributed by atoms with Gasteiger partial charge in [-0.1, -0.05) is 15.9 Å². The fourth-order valence-corrected chi connectivity index (χ4v) is 0.222. The molecule has 0 fully saturated rings. The lowest BCUT2D eigenvalue weighted by Gasteiger charge is -2.01. The summed E-state index contributed by atoms with van der Waals surface area (Å²) in [5, 5.41) is 8.01. The lowest BCUT2D eigenvalue weighted by atomic mass is 10.2. The predicted molar refractivity (Wildman–Crippen MR) is 32.7 cm³/mol. The molecule has 0 rings (SSSR count). The molecule has 0 aromatic rings. The van der Waals surface area contributed by atoms with Crippen LogP contribution in [0.1, 0.15) is 13.8 Å². The van der Waals surface area contributed by atoms with Gasteiger partial charge in [0.2, 0.25) is 0 Å².